The highest BCUT2D eigenvalue weighted by Crippen LogP contribution is 2.16. The van der Waals surface area contributed by atoms with Crippen LogP contribution in [-0.4, -0.2) is 28.8 Å². The zero-order chi connectivity index (χ0) is 11.4. The van der Waals surface area contributed by atoms with Crippen molar-refractivity contribution in [2.75, 3.05) is 13.7 Å². The van der Waals surface area contributed by atoms with E-state index in [1.807, 2.05) is 6.07 Å². The highest BCUT2D eigenvalue weighted by Gasteiger charge is 2.15. The summed E-state index contributed by atoms with van der Waals surface area (Å²) in [6.45, 7) is 0.342. The molecule has 0 aliphatic rings. The van der Waals surface area contributed by atoms with Crippen LogP contribution in [0.4, 0.5) is 0 Å². The molecule has 0 radical (unpaired) electrons. The van der Waals surface area contributed by atoms with Gasteiger partial charge in [0.25, 0.3) is 0 Å². The molecule has 0 spiro atoms. The van der Waals surface area contributed by atoms with Gasteiger partial charge in [-0.1, -0.05) is 5.16 Å². The third kappa shape index (κ3) is 2.23. The van der Waals surface area contributed by atoms with Gasteiger partial charge in [-0.3, -0.25) is 4.98 Å². The summed E-state index contributed by atoms with van der Waals surface area (Å²) in [4.78, 5) is 8.15. The Labute approximate surface area is 92.4 Å². The number of nitrogens with two attached hydrogens (primary N) is 1. The summed E-state index contributed by atoms with van der Waals surface area (Å²) in [7, 11) is 1.57. The minimum Gasteiger partial charge on any atom is -0.383 e. The topological polar surface area (TPSA) is 87.1 Å². The Kier molecular flexibility index (Phi) is 3.23. The van der Waals surface area contributed by atoms with Crippen LogP contribution < -0.4 is 5.73 Å². The fourth-order valence-electron chi connectivity index (χ4n) is 1.25. The molecule has 0 fully saturated rings. The maximum atomic E-state index is 5.76. The van der Waals surface area contributed by atoms with Gasteiger partial charge in [0.1, 0.15) is 6.04 Å². The number of nitrogens with zero attached hydrogens (tertiary/aromatic N) is 3. The Balaban J connectivity index is 2.20. The van der Waals surface area contributed by atoms with Gasteiger partial charge in [-0.05, 0) is 12.1 Å². The maximum absolute atomic E-state index is 5.76. The van der Waals surface area contributed by atoms with Gasteiger partial charge in [0.15, 0.2) is 0 Å². The SMILES string of the molecule is COCC(N)c1nc(-c2cccnc2)no1. The number of methoxy groups -OCH3 is 1. The molecular weight excluding hydrogens is 208 g/mol. The molecule has 6 heteroatoms. The van der Waals surface area contributed by atoms with Gasteiger partial charge in [-0.15, -0.1) is 0 Å². The van der Waals surface area contributed by atoms with Gasteiger partial charge in [0.2, 0.25) is 11.7 Å². The van der Waals surface area contributed by atoms with Gasteiger partial charge in [-0.2, -0.15) is 4.98 Å². The highest BCUT2D eigenvalue weighted by atomic mass is 16.5. The number of pyridine rings is 1. The van der Waals surface area contributed by atoms with E-state index in [9.17, 15) is 0 Å². The van der Waals surface area contributed by atoms with Crippen molar-refractivity contribution < 1.29 is 9.26 Å². The van der Waals surface area contributed by atoms with Gasteiger partial charge in [0.05, 0.1) is 6.61 Å². The Hall–Kier alpha value is -1.79. The standard InChI is InChI=1S/C10H12N4O2/c1-15-6-8(11)10-13-9(14-16-10)7-3-2-4-12-5-7/h2-5,8H,6,11H2,1H3. The van der Waals surface area contributed by atoms with Crippen LogP contribution >= 0.6 is 0 Å². The van der Waals surface area contributed by atoms with Crippen molar-refractivity contribution in [3.8, 4) is 11.4 Å². The van der Waals surface area contributed by atoms with E-state index in [4.69, 9.17) is 15.0 Å². The molecule has 1 atom stereocenters. The van der Waals surface area contributed by atoms with E-state index in [1.165, 1.54) is 0 Å². The summed E-state index contributed by atoms with van der Waals surface area (Å²) in [5, 5.41) is 3.83. The Morgan fingerprint density at radius 3 is 3.12 bits per heavy atom. The van der Waals surface area contributed by atoms with Crippen LogP contribution in [0.5, 0.6) is 0 Å². The monoisotopic (exact) mass is 220 g/mol. The molecule has 0 saturated heterocycles. The Bertz CT molecular complexity index is 443. The summed E-state index contributed by atoms with van der Waals surface area (Å²) in [6, 6.07) is 3.26. The largest absolute Gasteiger partial charge is 0.383 e. The molecule has 16 heavy (non-hydrogen) atoms. The van der Waals surface area contributed by atoms with E-state index in [-0.39, 0.29) is 0 Å². The van der Waals surface area contributed by atoms with Crippen LogP contribution in [0, 0.1) is 0 Å². The van der Waals surface area contributed by atoms with Crippen LogP contribution in [0.15, 0.2) is 29.0 Å². The summed E-state index contributed by atoms with van der Waals surface area (Å²) >= 11 is 0. The van der Waals surface area contributed by atoms with Crippen LogP contribution in [0.1, 0.15) is 11.9 Å². The molecule has 1 unspecified atom stereocenters. The van der Waals surface area contributed by atoms with Crippen molar-refractivity contribution in [1.82, 2.24) is 15.1 Å². The lowest BCUT2D eigenvalue weighted by Crippen LogP contribution is -2.16. The minimum atomic E-state index is -0.400. The second-order valence-corrected chi connectivity index (χ2v) is 3.26. The first-order valence-corrected chi connectivity index (χ1v) is 4.80. The average molecular weight is 220 g/mol. The van der Waals surface area contributed by atoms with Crippen LogP contribution in [-0.2, 0) is 4.74 Å². The molecule has 0 aromatic carbocycles. The van der Waals surface area contributed by atoms with Crippen LogP contribution in [0.25, 0.3) is 11.4 Å². The smallest absolute Gasteiger partial charge is 0.246 e. The molecule has 0 saturated carbocycles. The molecule has 2 rings (SSSR count). The maximum Gasteiger partial charge on any atom is 0.246 e. The van der Waals surface area contributed by atoms with Crippen molar-refractivity contribution in [1.29, 1.82) is 0 Å². The first-order valence-electron chi connectivity index (χ1n) is 4.80. The van der Waals surface area contributed by atoms with Gasteiger partial charge < -0.3 is 15.0 Å². The van der Waals surface area contributed by atoms with Gasteiger partial charge in [-0.25, -0.2) is 0 Å². The molecule has 0 amide bonds. The number of aromatic nitrogens is 3. The zero-order valence-corrected chi connectivity index (χ0v) is 8.83. The van der Waals surface area contributed by atoms with Crippen molar-refractivity contribution in [3.05, 3.63) is 30.4 Å². The molecule has 2 aromatic heterocycles. The number of ether oxygens (including phenoxy) is 1. The summed E-state index contributed by atoms with van der Waals surface area (Å²) in [6.07, 6.45) is 3.34. The van der Waals surface area contributed by atoms with Crippen LogP contribution in [0.3, 0.4) is 0 Å². The van der Waals surface area contributed by atoms with Crippen LogP contribution in [0.2, 0.25) is 0 Å². The molecule has 2 N–H and O–H groups in total. The summed E-state index contributed by atoms with van der Waals surface area (Å²) in [5.41, 5.74) is 6.55. The Morgan fingerprint density at radius 1 is 1.56 bits per heavy atom. The predicted octanol–water partition coefficient (Wildman–Crippen LogP) is 0.778. The first-order chi connectivity index (χ1) is 7.81. The third-order valence-corrected chi connectivity index (χ3v) is 2.02. The second kappa shape index (κ2) is 4.82. The van der Waals surface area contributed by atoms with Crippen molar-refractivity contribution in [2.24, 2.45) is 5.73 Å². The molecule has 0 aliphatic carbocycles. The quantitative estimate of drug-likeness (QED) is 0.819. The van der Waals surface area contributed by atoms with Gasteiger partial charge >= 0.3 is 0 Å². The fraction of sp³-hybridized carbons (Fsp3) is 0.300. The van der Waals surface area contributed by atoms with E-state index < -0.39 is 6.04 Å². The summed E-state index contributed by atoms with van der Waals surface area (Å²) in [5.74, 6) is 0.843. The van der Waals surface area contributed by atoms with E-state index in [1.54, 1.807) is 25.6 Å². The second-order valence-electron chi connectivity index (χ2n) is 3.26. The molecular formula is C10H12N4O2. The molecule has 2 heterocycles. The highest BCUT2D eigenvalue weighted by molar-refractivity contribution is 5.51. The minimum absolute atomic E-state index is 0.342. The van der Waals surface area contributed by atoms with E-state index in [0.29, 0.717) is 18.3 Å². The summed E-state index contributed by atoms with van der Waals surface area (Å²) < 4.78 is 9.95. The zero-order valence-electron chi connectivity index (χ0n) is 8.83. The molecule has 0 aliphatic heterocycles. The molecule has 2 aromatic rings. The predicted molar refractivity (Wildman–Crippen MR) is 56.3 cm³/mol. The Morgan fingerprint density at radius 2 is 2.44 bits per heavy atom. The third-order valence-electron chi connectivity index (χ3n) is 2.02. The van der Waals surface area contributed by atoms with Gasteiger partial charge in [0, 0.05) is 25.1 Å². The van der Waals surface area contributed by atoms with Crippen molar-refractivity contribution in [2.45, 2.75) is 6.04 Å². The van der Waals surface area contributed by atoms with E-state index in [2.05, 4.69) is 15.1 Å². The lowest BCUT2D eigenvalue weighted by Gasteiger charge is -2.02. The van der Waals surface area contributed by atoms with E-state index in [0.717, 1.165) is 5.56 Å². The average Bonchev–Trinajstić information content (AvgIpc) is 2.80. The molecule has 0 bridgehead atoms. The number of rotatable bonds is 4. The lowest BCUT2D eigenvalue weighted by molar-refractivity contribution is 0.166. The van der Waals surface area contributed by atoms with Crippen molar-refractivity contribution in [3.63, 3.8) is 0 Å². The normalized spacial score (nSPS) is 12.6. The number of hydrogen-bond acceptors (Lipinski definition) is 6. The number of hydrogen-bond donors (Lipinski definition) is 1. The molecule has 84 valence electrons. The first kappa shape index (κ1) is 10.7. The van der Waals surface area contributed by atoms with E-state index >= 15 is 0 Å². The lowest BCUT2D eigenvalue weighted by atomic mass is 10.3. The fourth-order valence-corrected chi connectivity index (χ4v) is 1.25. The molecule has 6 nitrogen and oxygen atoms in total. The van der Waals surface area contributed by atoms with Crippen molar-refractivity contribution >= 4 is 0 Å².